The van der Waals surface area contributed by atoms with Crippen molar-refractivity contribution in [3.8, 4) is 0 Å². The Morgan fingerprint density at radius 3 is 3.00 bits per heavy atom. The Hall–Kier alpha value is -1.27. The Bertz CT molecular complexity index is 389. The predicted molar refractivity (Wildman–Crippen MR) is 69.9 cm³/mol. The van der Waals surface area contributed by atoms with Crippen LogP contribution in [0.25, 0.3) is 0 Å². The van der Waals surface area contributed by atoms with Crippen molar-refractivity contribution < 1.29 is 4.79 Å². The van der Waals surface area contributed by atoms with Crippen LogP contribution in [0.4, 0.5) is 5.82 Å². The van der Waals surface area contributed by atoms with E-state index in [9.17, 15) is 4.79 Å². The number of aromatic nitrogens is 1. The monoisotopic (exact) mass is 252 g/mol. The number of anilines is 1. The summed E-state index contributed by atoms with van der Waals surface area (Å²) in [4.78, 5) is 18.0. The van der Waals surface area contributed by atoms with Crippen LogP contribution in [0.1, 0.15) is 16.8 Å². The van der Waals surface area contributed by atoms with E-state index in [0.717, 1.165) is 17.9 Å². The van der Waals surface area contributed by atoms with Crippen LogP contribution in [-0.2, 0) is 0 Å². The molecule has 0 aliphatic carbocycles. The summed E-state index contributed by atoms with van der Waals surface area (Å²) in [5, 5.41) is 0. The summed E-state index contributed by atoms with van der Waals surface area (Å²) in [6.07, 6.45) is 2.62. The fourth-order valence-electron chi connectivity index (χ4n) is 1.80. The van der Waals surface area contributed by atoms with Crippen molar-refractivity contribution in [2.45, 2.75) is 12.5 Å². The first-order valence-electron chi connectivity index (χ1n) is 5.50. The Morgan fingerprint density at radius 2 is 2.47 bits per heavy atom. The first kappa shape index (κ1) is 12.2. The molecule has 2 rings (SSSR count). The molecular weight excluding hydrogens is 236 g/mol. The smallest absolute Gasteiger partial charge is 0.255 e. The fraction of sp³-hybridized carbons (Fsp3) is 0.455. The highest BCUT2D eigenvalue weighted by atomic mass is 32.2. The van der Waals surface area contributed by atoms with E-state index in [-0.39, 0.29) is 5.91 Å². The number of hydrogen-bond donors (Lipinski definition) is 2. The number of nitrogen functional groups attached to an aromatic ring is 1. The second kappa shape index (κ2) is 5.37. The van der Waals surface area contributed by atoms with Crippen LogP contribution >= 0.6 is 11.8 Å². The fourth-order valence-corrected chi connectivity index (χ4v) is 3.07. The lowest BCUT2D eigenvalue weighted by molar-refractivity contribution is 0.0747. The second-order valence-corrected chi connectivity index (χ2v) is 5.16. The average Bonchev–Trinajstić information content (AvgIpc) is 2.91. The van der Waals surface area contributed by atoms with E-state index in [4.69, 9.17) is 5.84 Å². The van der Waals surface area contributed by atoms with Gasteiger partial charge in [-0.15, -0.1) is 0 Å². The van der Waals surface area contributed by atoms with E-state index in [0.29, 0.717) is 17.4 Å². The van der Waals surface area contributed by atoms with Crippen molar-refractivity contribution in [1.29, 1.82) is 0 Å². The number of nitrogens with two attached hydrogens (primary N) is 1. The maximum Gasteiger partial charge on any atom is 0.255 e. The van der Waals surface area contributed by atoms with Gasteiger partial charge in [0.25, 0.3) is 5.91 Å². The van der Waals surface area contributed by atoms with E-state index in [1.54, 1.807) is 18.3 Å². The maximum atomic E-state index is 12.2. The van der Waals surface area contributed by atoms with Gasteiger partial charge in [-0.3, -0.25) is 4.79 Å². The Morgan fingerprint density at radius 1 is 1.65 bits per heavy atom. The van der Waals surface area contributed by atoms with Crippen molar-refractivity contribution in [2.75, 3.05) is 24.0 Å². The zero-order chi connectivity index (χ0) is 12.3. The third-order valence-electron chi connectivity index (χ3n) is 2.93. The number of nitrogens with zero attached hydrogens (tertiary/aromatic N) is 2. The number of hydrogen-bond acceptors (Lipinski definition) is 5. The lowest BCUT2D eigenvalue weighted by Crippen LogP contribution is -2.37. The second-order valence-electron chi connectivity index (χ2n) is 4.01. The van der Waals surface area contributed by atoms with Crippen molar-refractivity contribution in [3.63, 3.8) is 0 Å². The van der Waals surface area contributed by atoms with Gasteiger partial charge in [0.2, 0.25) is 0 Å². The van der Waals surface area contributed by atoms with Crippen molar-refractivity contribution >= 4 is 23.5 Å². The lowest BCUT2D eigenvalue weighted by Gasteiger charge is -2.23. The number of pyridine rings is 1. The summed E-state index contributed by atoms with van der Waals surface area (Å²) in [5.41, 5.74) is 3.04. The minimum atomic E-state index is 0.0218. The Labute approximate surface area is 105 Å². The van der Waals surface area contributed by atoms with Gasteiger partial charge in [-0.1, -0.05) is 0 Å². The SMILES string of the molecule is CN(C(=O)c1ccc(NN)nc1)C1CCSC1. The summed E-state index contributed by atoms with van der Waals surface area (Å²) >= 11 is 1.89. The van der Waals surface area contributed by atoms with Crippen LogP contribution < -0.4 is 11.3 Å². The molecule has 0 spiro atoms. The minimum Gasteiger partial charge on any atom is -0.338 e. The Balaban J connectivity index is 2.07. The molecule has 1 aromatic heterocycles. The number of carbonyl (C=O) groups excluding carboxylic acids is 1. The van der Waals surface area contributed by atoms with E-state index < -0.39 is 0 Å². The molecule has 1 fully saturated rings. The molecule has 6 heteroatoms. The molecule has 2 heterocycles. The normalized spacial score (nSPS) is 19.1. The van der Waals surface area contributed by atoms with Gasteiger partial charge in [-0.2, -0.15) is 11.8 Å². The number of rotatable bonds is 3. The van der Waals surface area contributed by atoms with Gasteiger partial charge in [0.05, 0.1) is 5.56 Å². The van der Waals surface area contributed by atoms with E-state index in [1.807, 2.05) is 23.7 Å². The van der Waals surface area contributed by atoms with E-state index in [1.165, 1.54) is 0 Å². The number of hydrazine groups is 1. The lowest BCUT2D eigenvalue weighted by atomic mass is 10.2. The first-order chi connectivity index (χ1) is 8.22. The summed E-state index contributed by atoms with van der Waals surface area (Å²) in [5.74, 6) is 7.96. The van der Waals surface area contributed by atoms with Gasteiger partial charge in [-0.05, 0) is 24.3 Å². The van der Waals surface area contributed by atoms with Gasteiger partial charge in [0.15, 0.2) is 0 Å². The summed E-state index contributed by atoms with van der Waals surface area (Å²) in [6, 6.07) is 3.79. The molecule has 0 bridgehead atoms. The molecule has 0 radical (unpaired) electrons. The molecule has 1 unspecified atom stereocenters. The molecule has 92 valence electrons. The number of amides is 1. The molecule has 1 amide bonds. The summed E-state index contributed by atoms with van der Waals surface area (Å²) in [6.45, 7) is 0. The number of thioether (sulfide) groups is 1. The highest BCUT2D eigenvalue weighted by molar-refractivity contribution is 7.99. The minimum absolute atomic E-state index is 0.0218. The van der Waals surface area contributed by atoms with Crippen LogP contribution in [0.3, 0.4) is 0 Å². The highest BCUT2D eigenvalue weighted by Gasteiger charge is 2.24. The van der Waals surface area contributed by atoms with Crippen LogP contribution in [0.2, 0.25) is 0 Å². The molecule has 1 aliphatic heterocycles. The van der Waals surface area contributed by atoms with Crippen molar-refractivity contribution in [1.82, 2.24) is 9.88 Å². The zero-order valence-electron chi connectivity index (χ0n) is 9.72. The molecule has 1 aromatic rings. The molecular formula is C11H16N4OS. The van der Waals surface area contributed by atoms with Crippen LogP contribution in [0.15, 0.2) is 18.3 Å². The van der Waals surface area contributed by atoms with Gasteiger partial charge >= 0.3 is 0 Å². The number of nitrogens with one attached hydrogen (secondary N) is 1. The maximum absolute atomic E-state index is 12.2. The largest absolute Gasteiger partial charge is 0.338 e. The third-order valence-corrected chi connectivity index (χ3v) is 4.08. The molecule has 5 nitrogen and oxygen atoms in total. The van der Waals surface area contributed by atoms with Crippen LogP contribution in [-0.4, -0.2) is 40.4 Å². The summed E-state index contributed by atoms with van der Waals surface area (Å²) in [7, 11) is 1.86. The van der Waals surface area contributed by atoms with Gasteiger partial charge < -0.3 is 10.3 Å². The van der Waals surface area contributed by atoms with Crippen LogP contribution in [0, 0.1) is 0 Å². The van der Waals surface area contributed by atoms with Crippen molar-refractivity contribution in [3.05, 3.63) is 23.9 Å². The average molecular weight is 252 g/mol. The molecule has 17 heavy (non-hydrogen) atoms. The summed E-state index contributed by atoms with van der Waals surface area (Å²) < 4.78 is 0. The van der Waals surface area contributed by atoms with Gasteiger partial charge in [-0.25, -0.2) is 10.8 Å². The molecule has 3 N–H and O–H groups in total. The zero-order valence-corrected chi connectivity index (χ0v) is 10.5. The van der Waals surface area contributed by atoms with Crippen LogP contribution in [0.5, 0.6) is 0 Å². The molecule has 1 saturated heterocycles. The predicted octanol–water partition coefficient (Wildman–Crippen LogP) is 0.945. The molecule has 1 atom stereocenters. The van der Waals surface area contributed by atoms with E-state index >= 15 is 0 Å². The topological polar surface area (TPSA) is 71.2 Å². The van der Waals surface area contributed by atoms with E-state index in [2.05, 4.69) is 10.4 Å². The van der Waals surface area contributed by atoms with Gasteiger partial charge in [0, 0.05) is 25.0 Å². The Kier molecular flexibility index (Phi) is 3.86. The molecule has 0 saturated carbocycles. The molecule has 1 aliphatic rings. The quantitative estimate of drug-likeness (QED) is 0.619. The third kappa shape index (κ3) is 2.70. The van der Waals surface area contributed by atoms with Crippen molar-refractivity contribution in [2.24, 2.45) is 5.84 Å². The number of carbonyl (C=O) groups is 1. The first-order valence-corrected chi connectivity index (χ1v) is 6.65. The standard InChI is InChI=1S/C11H16N4OS/c1-15(9-4-5-17-7-9)11(16)8-2-3-10(14-12)13-6-8/h2-3,6,9H,4-5,7,12H2,1H3,(H,13,14). The highest BCUT2D eigenvalue weighted by Crippen LogP contribution is 2.22. The van der Waals surface area contributed by atoms with Gasteiger partial charge in [0.1, 0.15) is 5.82 Å². The molecule has 0 aromatic carbocycles.